The predicted molar refractivity (Wildman–Crippen MR) is 108 cm³/mol. The summed E-state index contributed by atoms with van der Waals surface area (Å²) in [6.07, 6.45) is -4.67. The summed E-state index contributed by atoms with van der Waals surface area (Å²) in [5, 5.41) is 11.5. The van der Waals surface area contributed by atoms with E-state index in [-0.39, 0.29) is 21.3 Å². The normalized spacial score (nSPS) is 11.6. The van der Waals surface area contributed by atoms with Gasteiger partial charge in [0, 0.05) is 11.1 Å². The van der Waals surface area contributed by atoms with Gasteiger partial charge in [0.2, 0.25) is 10.8 Å². The SMILES string of the molecule is O=C(Nc1ccc(F)cc1)c1nnc(CSc2nc(C(F)(F)F)nc3ccccc23)s1. The highest BCUT2D eigenvalue weighted by atomic mass is 32.2. The Labute approximate surface area is 180 Å². The van der Waals surface area contributed by atoms with E-state index in [1.54, 1.807) is 18.2 Å². The summed E-state index contributed by atoms with van der Waals surface area (Å²) < 4.78 is 52.4. The summed E-state index contributed by atoms with van der Waals surface area (Å²) in [6.45, 7) is 0. The quantitative estimate of drug-likeness (QED) is 0.248. The zero-order valence-corrected chi connectivity index (χ0v) is 17.0. The summed E-state index contributed by atoms with van der Waals surface area (Å²) in [7, 11) is 0. The van der Waals surface area contributed by atoms with E-state index in [2.05, 4.69) is 25.5 Å². The minimum atomic E-state index is -4.67. The number of hydrogen-bond acceptors (Lipinski definition) is 7. The largest absolute Gasteiger partial charge is 0.451 e. The smallest absolute Gasteiger partial charge is 0.320 e. The average Bonchev–Trinajstić information content (AvgIpc) is 3.22. The molecule has 0 spiro atoms. The van der Waals surface area contributed by atoms with E-state index in [1.165, 1.54) is 30.3 Å². The van der Waals surface area contributed by atoms with Gasteiger partial charge in [0.05, 0.1) is 11.3 Å². The zero-order valence-electron chi connectivity index (χ0n) is 15.4. The molecule has 2 heterocycles. The van der Waals surface area contributed by atoms with Crippen LogP contribution < -0.4 is 5.32 Å². The van der Waals surface area contributed by atoms with Gasteiger partial charge in [-0.05, 0) is 30.3 Å². The van der Waals surface area contributed by atoms with Crippen molar-refractivity contribution in [3.8, 4) is 0 Å². The van der Waals surface area contributed by atoms with Crippen molar-refractivity contribution < 1.29 is 22.4 Å². The number of aromatic nitrogens is 4. The van der Waals surface area contributed by atoms with Gasteiger partial charge in [0.1, 0.15) is 15.9 Å². The van der Waals surface area contributed by atoms with Crippen LogP contribution in [0.1, 0.15) is 20.6 Å². The number of para-hydroxylation sites is 1. The van der Waals surface area contributed by atoms with E-state index >= 15 is 0 Å². The zero-order chi connectivity index (χ0) is 22.0. The number of anilines is 1. The van der Waals surface area contributed by atoms with E-state index in [0.717, 1.165) is 23.1 Å². The van der Waals surface area contributed by atoms with E-state index in [4.69, 9.17) is 0 Å². The van der Waals surface area contributed by atoms with Crippen LogP contribution in [0.4, 0.5) is 23.2 Å². The lowest BCUT2D eigenvalue weighted by Crippen LogP contribution is -2.11. The molecule has 0 atom stereocenters. The van der Waals surface area contributed by atoms with Crippen molar-refractivity contribution in [3.63, 3.8) is 0 Å². The van der Waals surface area contributed by atoms with Crippen molar-refractivity contribution in [3.05, 3.63) is 70.2 Å². The Hall–Kier alpha value is -3.12. The lowest BCUT2D eigenvalue weighted by Gasteiger charge is -2.09. The van der Waals surface area contributed by atoms with E-state index in [9.17, 15) is 22.4 Å². The summed E-state index contributed by atoms with van der Waals surface area (Å²) in [5.74, 6) is -2.00. The second-order valence-electron chi connectivity index (χ2n) is 6.12. The minimum Gasteiger partial charge on any atom is -0.320 e. The number of nitrogens with one attached hydrogen (secondary N) is 1. The Morgan fingerprint density at radius 2 is 1.77 bits per heavy atom. The molecule has 31 heavy (non-hydrogen) atoms. The Morgan fingerprint density at radius 1 is 1.03 bits per heavy atom. The maximum absolute atomic E-state index is 13.1. The maximum atomic E-state index is 13.1. The number of nitrogens with zero attached hydrogens (tertiary/aromatic N) is 4. The molecule has 0 saturated carbocycles. The number of carbonyl (C=O) groups is 1. The third-order valence-corrected chi connectivity index (χ3v) is 6.02. The number of alkyl halides is 3. The standard InChI is InChI=1S/C19H11F4N5OS2/c20-10-5-7-11(8-6-10)24-15(29)17-28-27-14(31-17)9-30-16-12-3-1-2-4-13(12)25-18(26-16)19(21,22)23/h1-8H,9H2,(H,24,29). The van der Waals surface area contributed by atoms with Gasteiger partial charge in [-0.3, -0.25) is 4.79 Å². The molecule has 4 rings (SSSR count). The first-order chi connectivity index (χ1) is 14.8. The lowest BCUT2D eigenvalue weighted by atomic mass is 10.2. The summed E-state index contributed by atoms with van der Waals surface area (Å²) in [6, 6.07) is 11.6. The van der Waals surface area contributed by atoms with Gasteiger partial charge in [-0.25, -0.2) is 14.4 Å². The van der Waals surface area contributed by atoms with Gasteiger partial charge in [0.15, 0.2) is 0 Å². The Kier molecular flexibility index (Phi) is 5.83. The van der Waals surface area contributed by atoms with Crippen LogP contribution in [0.3, 0.4) is 0 Å². The van der Waals surface area contributed by atoms with Gasteiger partial charge in [-0.15, -0.1) is 10.2 Å². The molecule has 0 radical (unpaired) electrons. The highest BCUT2D eigenvalue weighted by Gasteiger charge is 2.35. The first-order valence-electron chi connectivity index (χ1n) is 8.66. The molecule has 0 bridgehead atoms. The molecule has 0 aliphatic rings. The maximum Gasteiger partial charge on any atom is 0.451 e. The molecule has 12 heteroatoms. The lowest BCUT2D eigenvalue weighted by molar-refractivity contribution is -0.145. The molecule has 0 unspecified atom stereocenters. The number of halogens is 4. The number of fused-ring (bicyclic) bond motifs is 1. The van der Waals surface area contributed by atoms with E-state index < -0.39 is 23.7 Å². The van der Waals surface area contributed by atoms with E-state index in [1.807, 2.05) is 0 Å². The predicted octanol–water partition coefficient (Wildman–Crippen LogP) is 5.18. The van der Waals surface area contributed by atoms with Gasteiger partial charge >= 0.3 is 6.18 Å². The molecular weight excluding hydrogens is 454 g/mol. The molecule has 1 amide bonds. The number of amides is 1. The van der Waals surface area contributed by atoms with Crippen molar-refractivity contribution in [2.75, 3.05) is 5.32 Å². The fourth-order valence-electron chi connectivity index (χ4n) is 2.54. The van der Waals surface area contributed by atoms with Crippen LogP contribution in [-0.2, 0) is 11.9 Å². The van der Waals surface area contributed by atoms with Crippen LogP contribution in [0, 0.1) is 5.82 Å². The monoisotopic (exact) mass is 465 g/mol. The molecular formula is C19H11F4N5OS2. The van der Waals surface area contributed by atoms with Crippen molar-refractivity contribution in [2.24, 2.45) is 0 Å². The highest BCUT2D eigenvalue weighted by Crippen LogP contribution is 2.33. The van der Waals surface area contributed by atoms with Crippen molar-refractivity contribution in [1.29, 1.82) is 0 Å². The highest BCUT2D eigenvalue weighted by molar-refractivity contribution is 7.98. The number of carbonyl (C=O) groups excluding carboxylic acids is 1. The fraction of sp³-hybridized carbons (Fsp3) is 0.105. The van der Waals surface area contributed by atoms with E-state index in [0.29, 0.717) is 16.1 Å². The van der Waals surface area contributed by atoms with Gasteiger partial charge < -0.3 is 5.32 Å². The molecule has 6 nitrogen and oxygen atoms in total. The van der Waals surface area contributed by atoms with Crippen molar-refractivity contribution in [2.45, 2.75) is 17.0 Å². The minimum absolute atomic E-state index is 0.0726. The Balaban J connectivity index is 1.50. The Bertz CT molecular complexity index is 1240. The van der Waals surface area contributed by atoms with Crippen LogP contribution in [0.2, 0.25) is 0 Å². The second-order valence-corrected chi connectivity index (χ2v) is 8.14. The number of thioether (sulfide) groups is 1. The molecule has 0 aliphatic carbocycles. The second kappa shape index (κ2) is 8.55. The van der Waals surface area contributed by atoms with Crippen LogP contribution in [0.25, 0.3) is 10.9 Å². The molecule has 2 aromatic heterocycles. The van der Waals surface area contributed by atoms with Gasteiger partial charge in [-0.1, -0.05) is 41.3 Å². The number of hydrogen-bond donors (Lipinski definition) is 1. The fourth-order valence-corrected chi connectivity index (χ4v) is 4.28. The van der Waals surface area contributed by atoms with Crippen LogP contribution in [0.5, 0.6) is 0 Å². The molecule has 158 valence electrons. The van der Waals surface area contributed by atoms with Crippen LogP contribution in [0.15, 0.2) is 53.6 Å². The molecule has 1 N–H and O–H groups in total. The third-order valence-electron chi connectivity index (χ3n) is 3.92. The summed E-state index contributed by atoms with van der Waals surface area (Å²) in [4.78, 5) is 19.5. The van der Waals surface area contributed by atoms with Crippen molar-refractivity contribution >= 4 is 45.6 Å². The molecule has 0 aliphatic heterocycles. The first kappa shape index (κ1) is 21.1. The van der Waals surface area contributed by atoms with Gasteiger partial charge in [0.25, 0.3) is 5.91 Å². The Morgan fingerprint density at radius 3 is 2.52 bits per heavy atom. The number of rotatable bonds is 5. The van der Waals surface area contributed by atoms with Crippen LogP contribution >= 0.6 is 23.1 Å². The third kappa shape index (κ3) is 4.97. The topological polar surface area (TPSA) is 80.7 Å². The molecule has 4 aromatic rings. The van der Waals surface area contributed by atoms with Gasteiger partial charge in [-0.2, -0.15) is 13.2 Å². The summed E-state index contributed by atoms with van der Waals surface area (Å²) in [5.41, 5.74) is 0.577. The van der Waals surface area contributed by atoms with Crippen molar-refractivity contribution in [1.82, 2.24) is 20.2 Å². The van der Waals surface area contributed by atoms with Crippen LogP contribution in [-0.4, -0.2) is 26.1 Å². The molecule has 0 saturated heterocycles. The average molecular weight is 465 g/mol. The first-order valence-corrected chi connectivity index (χ1v) is 10.5. The molecule has 2 aromatic carbocycles. The molecule has 0 fully saturated rings. The summed E-state index contributed by atoms with van der Waals surface area (Å²) >= 11 is 2.05. The number of benzene rings is 2.